The van der Waals surface area contributed by atoms with Gasteiger partial charge in [0.05, 0.1) is 6.54 Å². The Balaban J connectivity index is 1.56. The van der Waals surface area contributed by atoms with Crippen molar-refractivity contribution in [3.63, 3.8) is 0 Å². The van der Waals surface area contributed by atoms with Gasteiger partial charge in [-0.25, -0.2) is 0 Å². The van der Waals surface area contributed by atoms with Gasteiger partial charge in [-0.3, -0.25) is 4.90 Å². The summed E-state index contributed by atoms with van der Waals surface area (Å²) in [5.74, 6) is 1.08. The van der Waals surface area contributed by atoms with Gasteiger partial charge in [0.25, 0.3) is 0 Å². The number of aromatic nitrogens is 5. The number of nitrogens with one attached hydrogen (secondary N) is 1. The summed E-state index contributed by atoms with van der Waals surface area (Å²) in [6.07, 6.45) is 3.81. The van der Waals surface area contributed by atoms with Crippen LogP contribution < -0.4 is 0 Å². The highest BCUT2D eigenvalue weighted by atomic mass is 16.5. The monoisotopic (exact) mass is 310 g/mol. The summed E-state index contributed by atoms with van der Waals surface area (Å²) < 4.78 is 5.38. The Morgan fingerprint density at radius 2 is 1.96 bits per heavy atom. The zero-order valence-corrected chi connectivity index (χ0v) is 12.9. The van der Waals surface area contributed by atoms with E-state index in [1.165, 1.54) is 19.3 Å². The minimum atomic E-state index is 0.467. The van der Waals surface area contributed by atoms with Crippen LogP contribution in [0, 0.1) is 0 Å². The molecule has 0 amide bonds. The van der Waals surface area contributed by atoms with Crippen LogP contribution in [0.4, 0.5) is 0 Å². The molecule has 4 rings (SSSR count). The summed E-state index contributed by atoms with van der Waals surface area (Å²) in [4.78, 5) is 6.74. The number of hydrogen-bond donors (Lipinski definition) is 1. The molecule has 0 radical (unpaired) electrons. The van der Waals surface area contributed by atoms with Crippen LogP contribution in [0.1, 0.15) is 25.2 Å². The van der Waals surface area contributed by atoms with E-state index in [2.05, 4.69) is 37.5 Å². The molecule has 7 nitrogen and oxygen atoms in total. The third-order valence-corrected chi connectivity index (χ3v) is 4.36. The third kappa shape index (κ3) is 2.75. The molecule has 23 heavy (non-hydrogen) atoms. The maximum Gasteiger partial charge on any atom is 0.241 e. The summed E-state index contributed by atoms with van der Waals surface area (Å²) >= 11 is 0. The highest BCUT2D eigenvalue weighted by Crippen LogP contribution is 2.27. The van der Waals surface area contributed by atoms with Gasteiger partial charge >= 0.3 is 0 Å². The molecular weight excluding hydrogens is 292 g/mol. The van der Waals surface area contributed by atoms with Gasteiger partial charge < -0.3 is 4.52 Å². The van der Waals surface area contributed by atoms with Crippen molar-refractivity contribution in [2.45, 2.75) is 31.8 Å². The minimum Gasteiger partial charge on any atom is -0.337 e. The van der Waals surface area contributed by atoms with Crippen molar-refractivity contribution < 1.29 is 4.52 Å². The van der Waals surface area contributed by atoms with E-state index >= 15 is 0 Å². The SMILES string of the molecule is CN(Cc1nc(-c2n[nH]nc2-c2ccccc2)no1)C1CCC1. The van der Waals surface area contributed by atoms with Crippen LogP contribution in [0.25, 0.3) is 22.8 Å². The van der Waals surface area contributed by atoms with E-state index in [9.17, 15) is 0 Å². The molecule has 0 aliphatic heterocycles. The number of aromatic amines is 1. The molecule has 0 atom stereocenters. The Hall–Kier alpha value is -2.54. The van der Waals surface area contributed by atoms with Gasteiger partial charge in [-0.2, -0.15) is 20.4 Å². The fraction of sp³-hybridized carbons (Fsp3) is 0.375. The van der Waals surface area contributed by atoms with Gasteiger partial charge in [0, 0.05) is 11.6 Å². The van der Waals surface area contributed by atoms with Crippen molar-refractivity contribution in [3.8, 4) is 22.8 Å². The highest BCUT2D eigenvalue weighted by molar-refractivity contribution is 5.73. The minimum absolute atomic E-state index is 0.467. The van der Waals surface area contributed by atoms with Gasteiger partial charge in [-0.15, -0.1) is 0 Å². The Labute approximate surface area is 133 Å². The highest BCUT2D eigenvalue weighted by Gasteiger charge is 2.24. The molecule has 1 aliphatic rings. The summed E-state index contributed by atoms with van der Waals surface area (Å²) in [6.45, 7) is 0.663. The lowest BCUT2D eigenvalue weighted by Crippen LogP contribution is -2.36. The molecule has 0 saturated heterocycles. The normalized spacial score (nSPS) is 15.0. The van der Waals surface area contributed by atoms with Crippen molar-refractivity contribution in [2.75, 3.05) is 7.05 Å². The first-order valence-corrected chi connectivity index (χ1v) is 7.80. The lowest BCUT2D eigenvalue weighted by atomic mass is 9.92. The largest absolute Gasteiger partial charge is 0.337 e. The molecule has 0 unspecified atom stereocenters. The van der Waals surface area contributed by atoms with Crippen molar-refractivity contribution in [2.24, 2.45) is 0 Å². The zero-order valence-electron chi connectivity index (χ0n) is 12.9. The first kappa shape index (κ1) is 14.1. The number of benzene rings is 1. The molecule has 2 aromatic heterocycles. The Morgan fingerprint density at radius 1 is 1.17 bits per heavy atom. The third-order valence-electron chi connectivity index (χ3n) is 4.36. The standard InChI is InChI=1S/C16H18N6O/c1-22(12-8-5-9-12)10-13-17-16(20-23-13)15-14(18-21-19-15)11-6-3-2-4-7-11/h2-4,6-7,12H,5,8-10H2,1H3,(H,18,19,21). The van der Waals surface area contributed by atoms with Gasteiger partial charge in [0.2, 0.25) is 11.7 Å². The molecule has 1 N–H and O–H groups in total. The Kier molecular flexibility index (Phi) is 3.63. The predicted molar refractivity (Wildman–Crippen MR) is 84.2 cm³/mol. The smallest absolute Gasteiger partial charge is 0.241 e. The summed E-state index contributed by atoms with van der Waals surface area (Å²) in [6, 6.07) is 10.5. The lowest BCUT2D eigenvalue weighted by molar-refractivity contribution is 0.137. The molecule has 1 fully saturated rings. The number of nitrogens with zero attached hydrogens (tertiary/aromatic N) is 5. The molecule has 118 valence electrons. The first-order chi connectivity index (χ1) is 11.3. The number of hydrogen-bond acceptors (Lipinski definition) is 6. The van der Waals surface area contributed by atoms with E-state index < -0.39 is 0 Å². The van der Waals surface area contributed by atoms with Crippen LogP contribution in [-0.2, 0) is 6.54 Å². The number of rotatable bonds is 5. The zero-order chi connectivity index (χ0) is 15.6. The average Bonchev–Trinajstić information content (AvgIpc) is 3.14. The summed E-state index contributed by atoms with van der Waals surface area (Å²) in [5, 5.41) is 15.1. The average molecular weight is 310 g/mol. The predicted octanol–water partition coefficient (Wildman–Crippen LogP) is 2.51. The van der Waals surface area contributed by atoms with E-state index in [1.54, 1.807) is 0 Å². The Bertz CT molecular complexity index is 777. The van der Waals surface area contributed by atoms with Crippen LogP contribution in [0.15, 0.2) is 34.9 Å². The van der Waals surface area contributed by atoms with Crippen molar-refractivity contribution in [3.05, 3.63) is 36.2 Å². The van der Waals surface area contributed by atoms with Crippen LogP contribution in [0.3, 0.4) is 0 Å². The topological polar surface area (TPSA) is 83.7 Å². The number of H-pyrrole nitrogens is 1. The van der Waals surface area contributed by atoms with Gasteiger partial charge in [-0.1, -0.05) is 41.9 Å². The second kappa shape index (κ2) is 5.92. The molecule has 3 aromatic rings. The summed E-state index contributed by atoms with van der Waals surface area (Å²) in [7, 11) is 2.10. The van der Waals surface area contributed by atoms with E-state index in [4.69, 9.17) is 4.52 Å². The van der Waals surface area contributed by atoms with Crippen LogP contribution in [0.2, 0.25) is 0 Å². The maximum atomic E-state index is 5.38. The molecule has 2 heterocycles. The Morgan fingerprint density at radius 3 is 2.70 bits per heavy atom. The van der Waals surface area contributed by atoms with Gasteiger partial charge in [0.1, 0.15) is 5.69 Å². The second-order valence-corrected chi connectivity index (χ2v) is 5.90. The van der Waals surface area contributed by atoms with Crippen molar-refractivity contribution in [1.82, 2.24) is 30.5 Å². The molecule has 7 heteroatoms. The summed E-state index contributed by atoms with van der Waals surface area (Å²) in [5.41, 5.74) is 2.30. The molecule has 1 saturated carbocycles. The quantitative estimate of drug-likeness (QED) is 0.779. The van der Waals surface area contributed by atoms with Gasteiger partial charge in [0.15, 0.2) is 5.69 Å². The van der Waals surface area contributed by atoms with E-state index in [1.807, 2.05) is 30.3 Å². The molecule has 1 aliphatic carbocycles. The van der Waals surface area contributed by atoms with Crippen LogP contribution in [-0.4, -0.2) is 43.5 Å². The maximum absolute atomic E-state index is 5.38. The first-order valence-electron chi connectivity index (χ1n) is 7.80. The van der Waals surface area contributed by atoms with Crippen molar-refractivity contribution in [1.29, 1.82) is 0 Å². The van der Waals surface area contributed by atoms with Crippen LogP contribution >= 0.6 is 0 Å². The molecule has 0 spiro atoms. The van der Waals surface area contributed by atoms with Gasteiger partial charge in [-0.05, 0) is 19.9 Å². The fourth-order valence-corrected chi connectivity index (χ4v) is 2.77. The van der Waals surface area contributed by atoms with Crippen molar-refractivity contribution >= 4 is 0 Å². The van der Waals surface area contributed by atoms with E-state index in [0.717, 1.165) is 11.3 Å². The molecular formula is C16H18N6O. The lowest BCUT2D eigenvalue weighted by Gasteiger charge is -2.33. The van der Waals surface area contributed by atoms with E-state index in [-0.39, 0.29) is 0 Å². The molecule has 0 bridgehead atoms. The van der Waals surface area contributed by atoms with Crippen LogP contribution in [0.5, 0.6) is 0 Å². The second-order valence-electron chi connectivity index (χ2n) is 5.90. The fourth-order valence-electron chi connectivity index (χ4n) is 2.77. The van der Waals surface area contributed by atoms with E-state index in [0.29, 0.717) is 30.0 Å². The molecule has 1 aromatic carbocycles.